The monoisotopic (exact) mass is 354 g/mol. The van der Waals surface area contributed by atoms with Crippen molar-refractivity contribution in [2.24, 2.45) is 5.92 Å². The molecule has 2 fully saturated rings. The second kappa shape index (κ2) is 6.63. The third-order valence-corrected chi connectivity index (χ3v) is 6.96. The highest BCUT2D eigenvalue weighted by Crippen LogP contribution is 2.32. The Labute approximate surface area is 144 Å². The number of nitrogens with zero attached hydrogens (tertiary/aromatic N) is 2. The highest BCUT2D eigenvalue weighted by atomic mass is 32.2. The fraction of sp³-hybridized carbons (Fsp3) is 0.647. The van der Waals surface area contributed by atoms with Gasteiger partial charge in [-0.3, -0.25) is 4.90 Å². The van der Waals surface area contributed by atoms with Gasteiger partial charge in [0.05, 0.1) is 20.3 Å². The first-order chi connectivity index (χ1) is 11.3. The molecule has 134 valence electrons. The van der Waals surface area contributed by atoms with E-state index in [2.05, 4.69) is 4.90 Å². The van der Waals surface area contributed by atoms with Crippen molar-refractivity contribution >= 4 is 10.0 Å². The molecule has 1 aromatic carbocycles. The van der Waals surface area contributed by atoms with Gasteiger partial charge in [-0.15, -0.1) is 0 Å². The molecule has 2 heterocycles. The van der Waals surface area contributed by atoms with E-state index in [4.69, 9.17) is 9.47 Å². The molecule has 0 aliphatic carbocycles. The van der Waals surface area contributed by atoms with Crippen LogP contribution in [0.1, 0.15) is 11.1 Å². The lowest BCUT2D eigenvalue weighted by atomic mass is 10.1. The number of hydrogen-bond donors (Lipinski definition) is 0. The predicted molar refractivity (Wildman–Crippen MR) is 92.0 cm³/mol. The zero-order valence-corrected chi connectivity index (χ0v) is 15.6. The molecular weight excluding hydrogens is 328 g/mol. The largest absolute Gasteiger partial charge is 0.495 e. The van der Waals surface area contributed by atoms with Gasteiger partial charge < -0.3 is 9.47 Å². The van der Waals surface area contributed by atoms with Crippen LogP contribution in [-0.2, 0) is 14.8 Å². The summed E-state index contributed by atoms with van der Waals surface area (Å²) in [6.45, 7) is 6.86. The molecule has 0 saturated carbocycles. The number of aryl methyl sites for hydroxylation is 2. The normalized spacial score (nSPS) is 26.2. The van der Waals surface area contributed by atoms with E-state index < -0.39 is 10.0 Å². The van der Waals surface area contributed by atoms with Crippen LogP contribution in [0.25, 0.3) is 0 Å². The van der Waals surface area contributed by atoms with E-state index >= 15 is 0 Å². The number of methoxy groups -OCH3 is 1. The highest BCUT2D eigenvalue weighted by molar-refractivity contribution is 7.89. The number of hydrogen-bond acceptors (Lipinski definition) is 5. The van der Waals surface area contributed by atoms with Crippen LogP contribution in [0.15, 0.2) is 17.0 Å². The van der Waals surface area contributed by atoms with E-state index in [0.717, 1.165) is 17.7 Å². The lowest BCUT2D eigenvalue weighted by Gasteiger charge is -2.29. The second-order valence-corrected chi connectivity index (χ2v) is 8.81. The first-order valence-electron chi connectivity index (χ1n) is 8.26. The number of benzene rings is 1. The maximum absolute atomic E-state index is 13.3. The summed E-state index contributed by atoms with van der Waals surface area (Å²) in [5, 5.41) is 0. The Morgan fingerprint density at radius 3 is 2.54 bits per heavy atom. The Kier molecular flexibility index (Phi) is 4.88. The molecule has 2 bridgehead atoms. The van der Waals surface area contributed by atoms with E-state index in [-0.39, 0.29) is 16.9 Å². The SMILES string of the molecule is COc1cc(C)c(C)cc1S(=O)(=O)N1C[C@@H]2COC[C@H](C1)N(C)C2. The van der Waals surface area contributed by atoms with Gasteiger partial charge in [0.15, 0.2) is 0 Å². The van der Waals surface area contributed by atoms with E-state index in [9.17, 15) is 8.42 Å². The lowest BCUT2D eigenvalue weighted by molar-refractivity contribution is 0.0727. The van der Waals surface area contributed by atoms with E-state index in [1.165, 1.54) is 7.11 Å². The molecule has 7 heteroatoms. The molecule has 0 unspecified atom stereocenters. The fourth-order valence-electron chi connectivity index (χ4n) is 3.47. The maximum Gasteiger partial charge on any atom is 0.246 e. The van der Waals surface area contributed by atoms with Crippen molar-refractivity contribution in [3.05, 3.63) is 23.3 Å². The van der Waals surface area contributed by atoms with Crippen LogP contribution in [0.2, 0.25) is 0 Å². The standard InChI is InChI=1S/C17H26N2O4S/c1-12-5-16(22-4)17(6-13(12)2)24(20,21)19-8-14-7-18(3)15(9-19)11-23-10-14/h5-6,14-15H,7-11H2,1-4H3/t14-,15+/m1/s1. The molecule has 2 atom stereocenters. The van der Waals surface area contributed by atoms with Gasteiger partial charge in [-0.1, -0.05) is 0 Å². The minimum Gasteiger partial charge on any atom is -0.495 e. The van der Waals surface area contributed by atoms with Crippen molar-refractivity contribution in [3.8, 4) is 5.75 Å². The highest BCUT2D eigenvalue weighted by Gasteiger charge is 2.38. The van der Waals surface area contributed by atoms with Crippen LogP contribution in [0.3, 0.4) is 0 Å². The Morgan fingerprint density at radius 1 is 1.12 bits per heavy atom. The molecule has 6 nitrogen and oxygen atoms in total. The van der Waals surface area contributed by atoms with Crippen LogP contribution >= 0.6 is 0 Å². The summed E-state index contributed by atoms with van der Waals surface area (Å²) >= 11 is 0. The van der Waals surface area contributed by atoms with Gasteiger partial charge >= 0.3 is 0 Å². The first-order valence-corrected chi connectivity index (χ1v) is 9.70. The Bertz CT molecular complexity index is 720. The van der Waals surface area contributed by atoms with Gasteiger partial charge in [-0.05, 0) is 44.2 Å². The van der Waals surface area contributed by atoms with Gasteiger partial charge in [-0.2, -0.15) is 4.31 Å². The predicted octanol–water partition coefficient (Wildman–Crippen LogP) is 1.26. The number of sulfonamides is 1. The summed E-state index contributed by atoms with van der Waals surface area (Å²) in [4.78, 5) is 2.47. The van der Waals surface area contributed by atoms with Gasteiger partial charge in [0.2, 0.25) is 10.0 Å². The minimum absolute atomic E-state index is 0.0878. The van der Waals surface area contributed by atoms with E-state index in [1.807, 2.05) is 20.9 Å². The van der Waals surface area contributed by atoms with Crippen LogP contribution in [0.5, 0.6) is 5.75 Å². The smallest absolute Gasteiger partial charge is 0.246 e. The number of rotatable bonds is 3. The third-order valence-electron chi connectivity index (χ3n) is 5.11. The Morgan fingerprint density at radius 2 is 1.83 bits per heavy atom. The molecule has 0 spiro atoms. The summed E-state index contributed by atoms with van der Waals surface area (Å²) in [5.74, 6) is 0.604. The molecule has 3 rings (SSSR count). The average molecular weight is 354 g/mol. The van der Waals surface area contributed by atoms with Crippen molar-refractivity contribution in [1.82, 2.24) is 9.21 Å². The van der Waals surface area contributed by atoms with Crippen LogP contribution in [0, 0.1) is 19.8 Å². The summed E-state index contributed by atoms with van der Waals surface area (Å²) in [6.07, 6.45) is 0. The zero-order chi connectivity index (χ0) is 17.5. The van der Waals surface area contributed by atoms with Gasteiger partial charge in [0.1, 0.15) is 10.6 Å². The van der Waals surface area contributed by atoms with Gasteiger partial charge in [0, 0.05) is 31.6 Å². The average Bonchev–Trinajstić information content (AvgIpc) is 2.78. The van der Waals surface area contributed by atoms with Crippen molar-refractivity contribution < 1.29 is 17.9 Å². The van der Waals surface area contributed by atoms with Crippen LogP contribution in [0.4, 0.5) is 0 Å². The molecule has 0 amide bonds. The molecule has 2 aliphatic rings. The Hall–Kier alpha value is -1.15. The molecule has 2 saturated heterocycles. The number of likely N-dealkylation sites (N-methyl/N-ethyl adjacent to an activating group) is 1. The molecule has 0 aromatic heterocycles. The topological polar surface area (TPSA) is 59.1 Å². The lowest BCUT2D eigenvalue weighted by Crippen LogP contribution is -2.44. The molecular formula is C17H26N2O4S. The molecule has 0 N–H and O–H groups in total. The number of fused-ring (bicyclic) bond motifs is 3. The summed E-state index contributed by atoms with van der Waals surface area (Å²) in [6, 6.07) is 3.62. The third kappa shape index (κ3) is 3.18. The molecule has 2 aliphatic heterocycles. The second-order valence-electron chi connectivity index (χ2n) is 6.91. The van der Waals surface area contributed by atoms with Crippen molar-refractivity contribution in [2.75, 3.05) is 47.0 Å². The van der Waals surface area contributed by atoms with E-state index in [1.54, 1.807) is 16.4 Å². The quantitative estimate of drug-likeness (QED) is 0.818. The van der Waals surface area contributed by atoms with Gasteiger partial charge in [0.25, 0.3) is 0 Å². The minimum atomic E-state index is -3.61. The summed E-state index contributed by atoms with van der Waals surface area (Å²) < 4.78 is 39.3. The van der Waals surface area contributed by atoms with Crippen molar-refractivity contribution in [1.29, 1.82) is 0 Å². The fourth-order valence-corrected chi connectivity index (χ4v) is 5.24. The molecule has 0 radical (unpaired) electrons. The van der Waals surface area contributed by atoms with Crippen LogP contribution < -0.4 is 4.74 Å². The van der Waals surface area contributed by atoms with Crippen LogP contribution in [-0.4, -0.2) is 70.7 Å². The molecule has 1 aromatic rings. The first kappa shape index (κ1) is 17.7. The van der Waals surface area contributed by atoms with Crippen molar-refractivity contribution in [3.63, 3.8) is 0 Å². The van der Waals surface area contributed by atoms with Gasteiger partial charge in [-0.25, -0.2) is 8.42 Å². The number of ether oxygens (including phenoxy) is 2. The van der Waals surface area contributed by atoms with E-state index in [0.29, 0.717) is 32.1 Å². The van der Waals surface area contributed by atoms with Crippen molar-refractivity contribution in [2.45, 2.75) is 24.8 Å². The summed E-state index contributed by atoms with van der Waals surface area (Å²) in [7, 11) is -0.0502. The zero-order valence-electron chi connectivity index (χ0n) is 14.8. The summed E-state index contributed by atoms with van der Waals surface area (Å²) in [5.41, 5.74) is 1.97. The Balaban J connectivity index is 2.00. The molecule has 24 heavy (non-hydrogen) atoms. The maximum atomic E-state index is 13.3.